The number of hydrogen-bond donors (Lipinski definition) is 2. The molecule has 0 fully saturated rings. The number of nitrogen functional groups attached to an aromatic ring is 1. The van der Waals surface area contributed by atoms with Crippen molar-refractivity contribution in [3.05, 3.63) is 58.1 Å². The molecule has 2 aromatic carbocycles. The van der Waals surface area contributed by atoms with Crippen LogP contribution in [0.2, 0.25) is 10.0 Å². The maximum atomic E-state index is 12.1. The average Bonchev–Trinajstić information content (AvgIpc) is 2.45. The quantitative estimate of drug-likeness (QED) is 0.830. The number of nitrogens with zero attached hydrogens (tertiary/aromatic N) is 1. The Hall–Kier alpha value is -1.91. The van der Waals surface area contributed by atoms with Gasteiger partial charge in [0.2, 0.25) is 0 Å². The van der Waals surface area contributed by atoms with Gasteiger partial charge < -0.3 is 16.0 Å². The molecule has 0 aliphatic heterocycles. The summed E-state index contributed by atoms with van der Waals surface area (Å²) in [6.07, 6.45) is 0. The second kappa shape index (κ2) is 6.70. The third-order valence-corrected chi connectivity index (χ3v) is 3.54. The van der Waals surface area contributed by atoms with Crippen LogP contribution in [0.25, 0.3) is 0 Å². The number of hydrogen-bond acceptors (Lipinski definition) is 2. The molecule has 0 bridgehead atoms. The number of nitrogens with two attached hydrogens (primary N) is 1. The van der Waals surface area contributed by atoms with Gasteiger partial charge in [0.1, 0.15) is 0 Å². The molecule has 0 atom stereocenters. The van der Waals surface area contributed by atoms with Crippen molar-refractivity contribution in [2.75, 3.05) is 18.1 Å². The maximum Gasteiger partial charge on any atom is 0.321 e. The standard InChI is InChI=1S/C15H15Cl2N3O/c1-20(9-10-8-12(18)4-7-14(10)17)15(21)19-13-5-2-11(16)3-6-13/h2-8H,9,18H2,1H3,(H,19,21). The van der Waals surface area contributed by atoms with Crippen LogP contribution >= 0.6 is 23.2 Å². The number of rotatable bonds is 3. The van der Waals surface area contributed by atoms with E-state index in [2.05, 4.69) is 5.32 Å². The van der Waals surface area contributed by atoms with Gasteiger partial charge in [0.05, 0.1) is 0 Å². The first kappa shape index (κ1) is 15.5. The fourth-order valence-electron chi connectivity index (χ4n) is 1.80. The van der Waals surface area contributed by atoms with Crippen molar-refractivity contribution in [3.8, 4) is 0 Å². The Kier molecular flexibility index (Phi) is 4.94. The van der Waals surface area contributed by atoms with E-state index < -0.39 is 0 Å². The van der Waals surface area contributed by atoms with Crippen LogP contribution in [0, 0.1) is 0 Å². The molecule has 0 radical (unpaired) electrons. The van der Waals surface area contributed by atoms with Gasteiger partial charge >= 0.3 is 6.03 Å². The van der Waals surface area contributed by atoms with E-state index in [0.717, 1.165) is 5.56 Å². The average molecular weight is 324 g/mol. The molecule has 110 valence electrons. The molecule has 3 N–H and O–H groups in total. The van der Waals surface area contributed by atoms with Gasteiger partial charge in [0.15, 0.2) is 0 Å². The summed E-state index contributed by atoms with van der Waals surface area (Å²) in [4.78, 5) is 13.6. The summed E-state index contributed by atoms with van der Waals surface area (Å²) < 4.78 is 0. The second-order valence-corrected chi connectivity index (χ2v) is 5.49. The predicted octanol–water partition coefficient (Wildman–Crippen LogP) is 4.24. The van der Waals surface area contributed by atoms with Crippen molar-refractivity contribution in [2.24, 2.45) is 0 Å². The molecule has 0 aromatic heterocycles. The first-order valence-corrected chi connectivity index (χ1v) is 7.03. The molecular formula is C15H15Cl2N3O. The SMILES string of the molecule is CN(Cc1cc(N)ccc1Cl)C(=O)Nc1ccc(Cl)cc1. The van der Waals surface area contributed by atoms with E-state index in [1.165, 1.54) is 4.90 Å². The van der Waals surface area contributed by atoms with E-state index >= 15 is 0 Å². The number of amides is 2. The molecule has 2 rings (SSSR count). The van der Waals surface area contributed by atoms with E-state index in [1.807, 2.05) is 0 Å². The Balaban J connectivity index is 2.02. The summed E-state index contributed by atoms with van der Waals surface area (Å²) in [5.74, 6) is 0. The molecule has 21 heavy (non-hydrogen) atoms. The molecule has 2 amide bonds. The van der Waals surface area contributed by atoms with Crippen LogP contribution in [0.5, 0.6) is 0 Å². The molecule has 0 heterocycles. The minimum atomic E-state index is -0.240. The Labute approximate surface area is 133 Å². The number of urea groups is 1. The molecule has 0 unspecified atom stereocenters. The first-order valence-electron chi connectivity index (χ1n) is 6.27. The van der Waals surface area contributed by atoms with E-state index in [0.29, 0.717) is 28.0 Å². The molecule has 0 aliphatic rings. The summed E-state index contributed by atoms with van der Waals surface area (Å²) in [7, 11) is 1.69. The Morgan fingerprint density at radius 2 is 1.86 bits per heavy atom. The normalized spacial score (nSPS) is 10.2. The molecule has 4 nitrogen and oxygen atoms in total. The largest absolute Gasteiger partial charge is 0.399 e. The lowest BCUT2D eigenvalue weighted by Gasteiger charge is -2.19. The number of benzene rings is 2. The molecule has 0 saturated heterocycles. The Bertz CT molecular complexity index is 644. The van der Waals surface area contributed by atoms with Crippen LogP contribution in [-0.2, 0) is 6.54 Å². The van der Waals surface area contributed by atoms with Crippen molar-refractivity contribution < 1.29 is 4.79 Å². The monoisotopic (exact) mass is 323 g/mol. The van der Waals surface area contributed by atoms with Crippen LogP contribution in [0.1, 0.15) is 5.56 Å². The third-order valence-electron chi connectivity index (χ3n) is 2.92. The summed E-state index contributed by atoms with van der Waals surface area (Å²) in [5.41, 5.74) is 7.81. The van der Waals surface area contributed by atoms with E-state index in [1.54, 1.807) is 49.5 Å². The summed E-state index contributed by atoms with van der Waals surface area (Å²) in [5, 5.41) is 3.97. The summed E-state index contributed by atoms with van der Waals surface area (Å²) >= 11 is 11.9. The van der Waals surface area contributed by atoms with Gasteiger partial charge in [-0.05, 0) is 48.0 Å². The zero-order valence-corrected chi connectivity index (χ0v) is 12.9. The number of anilines is 2. The minimum absolute atomic E-state index is 0.240. The topological polar surface area (TPSA) is 58.4 Å². The number of halogens is 2. The number of nitrogens with one attached hydrogen (secondary N) is 1. The zero-order valence-electron chi connectivity index (χ0n) is 11.4. The lowest BCUT2D eigenvalue weighted by molar-refractivity contribution is 0.220. The van der Waals surface area contributed by atoms with Gasteiger partial charge in [-0.1, -0.05) is 23.2 Å². The van der Waals surface area contributed by atoms with Crippen molar-refractivity contribution in [1.82, 2.24) is 4.90 Å². The van der Waals surface area contributed by atoms with Gasteiger partial charge in [-0.2, -0.15) is 0 Å². The second-order valence-electron chi connectivity index (χ2n) is 4.64. The third kappa shape index (κ3) is 4.28. The molecular weight excluding hydrogens is 309 g/mol. The maximum absolute atomic E-state index is 12.1. The number of carbonyl (C=O) groups excluding carboxylic acids is 1. The van der Waals surface area contributed by atoms with Crippen LogP contribution < -0.4 is 11.1 Å². The van der Waals surface area contributed by atoms with Gasteiger partial charge in [0, 0.05) is 35.0 Å². The lowest BCUT2D eigenvalue weighted by Crippen LogP contribution is -2.30. The van der Waals surface area contributed by atoms with Crippen molar-refractivity contribution in [2.45, 2.75) is 6.54 Å². The van der Waals surface area contributed by atoms with Gasteiger partial charge in [-0.15, -0.1) is 0 Å². The molecule has 2 aromatic rings. The Morgan fingerprint density at radius 3 is 2.52 bits per heavy atom. The minimum Gasteiger partial charge on any atom is -0.399 e. The van der Waals surface area contributed by atoms with E-state index in [-0.39, 0.29) is 6.03 Å². The molecule has 0 saturated carbocycles. The smallest absolute Gasteiger partial charge is 0.321 e. The number of carbonyl (C=O) groups is 1. The summed E-state index contributed by atoms with van der Waals surface area (Å²) in [6.45, 7) is 0.364. The van der Waals surface area contributed by atoms with E-state index in [9.17, 15) is 4.79 Å². The molecule has 6 heteroatoms. The van der Waals surface area contributed by atoms with Crippen molar-refractivity contribution in [3.63, 3.8) is 0 Å². The van der Waals surface area contributed by atoms with Gasteiger partial charge in [-0.25, -0.2) is 4.79 Å². The van der Waals surface area contributed by atoms with Crippen LogP contribution in [0.15, 0.2) is 42.5 Å². The van der Waals surface area contributed by atoms with Crippen molar-refractivity contribution in [1.29, 1.82) is 0 Å². The predicted molar refractivity (Wildman–Crippen MR) is 87.8 cm³/mol. The first-order chi connectivity index (χ1) is 9.95. The van der Waals surface area contributed by atoms with Gasteiger partial charge in [0.25, 0.3) is 0 Å². The van der Waals surface area contributed by atoms with Crippen molar-refractivity contribution >= 4 is 40.6 Å². The highest BCUT2D eigenvalue weighted by Crippen LogP contribution is 2.20. The molecule has 0 spiro atoms. The van der Waals surface area contributed by atoms with Crippen LogP contribution in [0.4, 0.5) is 16.2 Å². The van der Waals surface area contributed by atoms with E-state index in [4.69, 9.17) is 28.9 Å². The highest BCUT2D eigenvalue weighted by atomic mass is 35.5. The highest BCUT2D eigenvalue weighted by molar-refractivity contribution is 6.31. The zero-order chi connectivity index (χ0) is 15.4. The van der Waals surface area contributed by atoms with Crippen LogP contribution in [-0.4, -0.2) is 18.0 Å². The molecule has 0 aliphatic carbocycles. The lowest BCUT2D eigenvalue weighted by atomic mass is 10.2. The van der Waals surface area contributed by atoms with Crippen LogP contribution in [0.3, 0.4) is 0 Å². The highest BCUT2D eigenvalue weighted by Gasteiger charge is 2.11. The Morgan fingerprint density at radius 1 is 1.19 bits per heavy atom. The summed E-state index contributed by atoms with van der Waals surface area (Å²) in [6, 6.07) is 11.9. The fraction of sp³-hybridized carbons (Fsp3) is 0.133. The van der Waals surface area contributed by atoms with Gasteiger partial charge in [-0.3, -0.25) is 0 Å². The fourth-order valence-corrected chi connectivity index (χ4v) is 2.10.